The van der Waals surface area contributed by atoms with Gasteiger partial charge in [-0.15, -0.1) is 0 Å². The van der Waals surface area contributed by atoms with Gasteiger partial charge in [-0.25, -0.2) is 9.18 Å². The van der Waals surface area contributed by atoms with E-state index in [2.05, 4.69) is 0 Å². The molecule has 0 saturated heterocycles. The van der Waals surface area contributed by atoms with E-state index < -0.39 is 5.60 Å². The Morgan fingerprint density at radius 3 is 2.62 bits per heavy atom. The third-order valence-electron chi connectivity index (χ3n) is 3.14. The number of ether oxygens (including phenoxy) is 1. The Labute approximate surface area is 129 Å². The lowest BCUT2D eigenvalue weighted by atomic mass is 9.99. The van der Waals surface area contributed by atoms with Crippen molar-refractivity contribution in [2.24, 2.45) is 0 Å². The SMILES string of the molecule is CC(C)(C)OC(=O)N1CC=C(c2ccc(F)cc2Cl)CC1. The second kappa shape index (κ2) is 6.06. The van der Waals surface area contributed by atoms with Crippen LogP contribution in [0.4, 0.5) is 9.18 Å². The van der Waals surface area contributed by atoms with Crippen LogP contribution in [0.5, 0.6) is 0 Å². The molecule has 1 aliphatic heterocycles. The molecule has 0 atom stereocenters. The molecule has 0 N–H and O–H groups in total. The van der Waals surface area contributed by atoms with Gasteiger partial charge in [0.2, 0.25) is 0 Å². The van der Waals surface area contributed by atoms with Gasteiger partial charge in [0.05, 0.1) is 5.02 Å². The number of benzene rings is 1. The molecule has 1 amide bonds. The second-order valence-electron chi connectivity index (χ2n) is 6.03. The summed E-state index contributed by atoms with van der Waals surface area (Å²) in [5, 5.41) is 0.395. The van der Waals surface area contributed by atoms with Gasteiger partial charge in [0.25, 0.3) is 0 Å². The average Bonchev–Trinajstić information content (AvgIpc) is 2.37. The fourth-order valence-corrected chi connectivity index (χ4v) is 2.44. The van der Waals surface area contributed by atoms with E-state index in [1.165, 1.54) is 12.1 Å². The van der Waals surface area contributed by atoms with Crippen LogP contribution in [0.1, 0.15) is 32.8 Å². The quantitative estimate of drug-likeness (QED) is 0.764. The lowest BCUT2D eigenvalue weighted by Crippen LogP contribution is -2.39. The van der Waals surface area contributed by atoms with Crippen LogP contribution in [-0.2, 0) is 4.74 Å². The maximum atomic E-state index is 13.1. The van der Waals surface area contributed by atoms with Crippen molar-refractivity contribution in [2.45, 2.75) is 32.8 Å². The average molecular weight is 312 g/mol. The van der Waals surface area contributed by atoms with E-state index in [4.69, 9.17) is 16.3 Å². The lowest BCUT2D eigenvalue weighted by molar-refractivity contribution is 0.0270. The third-order valence-corrected chi connectivity index (χ3v) is 3.45. The summed E-state index contributed by atoms with van der Waals surface area (Å²) in [4.78, 5) is 13.6. The minimum Gasteiger partial charge on any atom is -0.444 e. The van der Waals surface area contributed by atoms with Gasteiger partial charge < -0.3 is 9.64 Å². The summed E-state index contributed by atoms with van der Waals surface area (Å²) in [5.74, 6) is -0.351. The largest absolute Gasteiger partial charge is 0.444 e. The zero-order valence-electron chi connectivity index (χ0n) is 12.5. The monoisotopic (exact) mass is 311 g/mol. The molecule has 0 unspecified atom stereocenters. The standard InChI is InChI=1S/C16H19ClFNO2/c1-16(2,3)21-15(20)19-8-6-11(7-9-19)13-5-4-12(18)10-14(13)17/h4-6,10H,7-9H2,1-3H3. The zero-order chi connectivity index (χ0) is 15.6. The van der Waals surface area contributed by atoms with Gasteiger partial charge in [-0.2, -0.15) is 0 Å². The predicted octanol–water partition coefficient (Wildman–Crippen LogP) is 4.50. The van der Waals surface area contributed by atoms with E-state index in [-0.39, 0.29) is 11.9 Å². The first kappa shape index (κ1) is 15.8. The van der Waals surface area contributed by atoms with Crippen molar-refractivity contribution in [1.29, 1.82) is 0 Å². The van der Waals surface area contributed by atoms with Gasteiger partial charge >= 0.3 is 6.09 Å². The summed E-state index contributed by atoms with van der Waals surface area (Å²) in [6, 6.07) is 4.37. The zero-order valence-corrected chi connectivity index (χ0v) is 13.2. The van der Waals surface area contributed by atoms with Gasteiger partial charge in [0, 0.05) is 13.1 Å². The summed E-state index contributed by atoms with van der Waals surface area (Å²) in [7, 11) is 0. The molecule has 1 aliphatic rings. The predicted molar refractivity (Wildman–Crippen MR) is 81.8 cm³/mol. The van der Waals surface area contributed by atoms with Gasteiger partial charge in [-0.3, -0.25) is 0 Å². The van der Waals surface area contributed by atoms with Crippen molar-refractivity contribution in [2.75, 3.05) is 13.1 Å². The first-order valence-corrected chi connectivity index (χ1v) is 7.26. The normalized spacial score (nSPS) is 15.7. The maximum absolute atomic E-state index is 13.1. The van der Waals surface area contributed by atoms with Crippen LogP contribution in [0.25, 0.3) is 5.57 Å². The molecule has 0 aliphatic carbocycles. The first-order chi connectivity index (χ1) is 9.76. The second-order valence-corrected chi connectivity index (χ2v) is 6.44. The molecule has 21 heavy (non-hydrogen) atoms. The van der Waals surface area contributed by atoms with Crippen LogP contribution in [0.3, 0.4) is 0 Å². The number of halogens is 2. The van der Waals surface area contributed by atoms with Crippen molar-refractivity contribution in [1.82, 2.24) is 4.90 Å². The van der Waals surface area contributed by atoms with E-state index in [9.17, 15) is 9.18 Å². The summed E-state index contributed by atoms with van der Waals surface area (Å²) < 4.78 is 18.4. The number of nitrogens with zero attached hydrogens (tertiary/aromatic N) is 1. The highest BCUT2D eigenvalue weighted by Gasteiger charge is 2.24. The topological polar surface area (TPSA) is 29.5 Å². The Morgan fingerprint density at radius 1 is 1.38 bits per heavy atom. The molecular weight excluding hydrogens is 293 g/mol. The highest BCUT2D eigenvalue weighted by molar-refractivity contribution is 6.32. The summed E-state index contributed by atoms with van der Waals surface area (Å²) in [6.07, 6.45) is 2.29. The highest BCUT2D eigenvalue weighted by Crippen LogP contribution is 2.29. The number of amides is 1. The van der Waals surface area contributed by atoms with Gasteiger partial charge in [0.15, 0.2) is 0 Å². The Hall–Kier alpha value is -1.55. The minimum absolute atomic E-state index is 0.317. The number of hydrogen-bond acceptors (Lipinski definition) is 2. The van der Waals surface area contributed by atoms with Crippen LogP contribution in [0.2, 0.25) is 5.02 Å². The van der Waals surface area contributed by atoms with Crippen molar-refractivity contribution in [3.63, 3.8) is 0 Å². The molecule has 0 bridgehead atoms. The van der Waals surface area contributed by atoms with Crippen molar-refractivity contribution < 1.29 is 13.9 Å². The molecule has 3 nitrogen and oxygen atoms in total. The molecule has 1 aromatic carbocycles. The molecule has 0 fully saturated rings. The molecule has 5 heteroatoms. The number of carbonyl (C=O) groups excluding carboxylic acids is 1. The smallest absolute Gasteiger partial charge is 0.410 e. The van der Waals surface area contributed by atoms with E-state index in [1.807, 2.05) is 26.8 Å². The Kier molecular flexibility index (Phi) is 4.57. The number of rotatable bonds is 1. The molecule has 114 valence electrons. The molecule has 0 saturated carbocycles. The molecule has 0 radical (unpaired) electrons. The molecular formula is C16H19ClFNO2. The minimum atomic E-state index is -0.499. The summed E-state index contributed by atoms with van der Waals surface area (Å²) >= 11 is 6.06. The van der Waals surface area contributed by atoms with Crippen LogP contribution < -0.4 is 0 Å². The van der Waals surface area contributed by atoms with Gasteiger partial charge in [0.1, 0.15) is 11.4 Å². The Bertz CT molecular complexity index is 578. The maximum Gasteiger partial charge on any atom is 0.410 e. The molecule has 0 aromatic heterocycles. The van der Waals surface area contributed by atoms with Crippen molar-refractivity contribution in [3.05, 3.63) is 40.7 Å². The fraction of sp³-hybridized carbons (Fsp3) is 0.438. The van der Waals surface area contributed by atoms with Crippen LogP contribution >= 0.6 is 11.6 Å². The van der Waals surface area contributed by atoms with E-state index >= 15 is 0 Å². The van der Waals surface area contributed by atoms with Crippen LogP contribution in [-0.4, -0.2) is 29.7 Å². The third kappa shape index (κ3) is 4.21. The molecule has 2 rings (SSSR count). The Balaban J connectivity index is 2.07. The van der Waals surface area contributed by atoms with Crippen molar-refractivity contribution in [3.8, 4) is 0 Å². The highest BCUT2D eigenvalue weighted by atomic mass is 35.5. The lowest BCUT2D eigenvalue weighted by Gasteiger charge is -2.29. The summed E-state index contributed by atoms with van der Waals surface area (Å²) in [5.41, 5.74) is 1.35. The molecule has 0 spiro atoms. The fourth-order valence-electron chi connectivity index (χ4n) is 2.16. The van der Waals surface area contributed by atoms with E-state index in [0.29, 0.717) is 24.5 Å². The number of hydrogen-bond donors (Lipinski definition) is 0. The van der Waals surface area contributed by atoms with E-state index in [0.717, 1.165) is 11.1 Å². The van der Waals surface area contributed by atoms with Gasteiger partial charge in [-0.05, 0) is 50.5 Å². The van der Waals surface area contributed by atoms with E-state index in [1.54, 1.807) is 11.0 Å². The number of carbonyl (C=O) groups is 1. The van der Waals surface area contributed by atoms with Crippen LogP contribution in [0.15, 0.2) is 24.3 Å². The van der Waals surface area contributed by atoms with Crippen LogP contribution in [0, 0.1) is 5.82 Å². The summed E-state index contributed by atoms with van der Waals surface area (Å²) in [6.45, 7) is 6.56. The Morgan fingerprint density at radius 2 is 2.10 bits per heavy atom. The van der Waals surface area contributed by atoms with Gasteiger partial charge in [-0.1, -0.05) is 23.7 Å². The first-order valence-electron chi connectivity index (χ1n) is 6.88. The van der Waals surface area contributed by atoms with Crippen molar-refractivity contribution >= 4 is 23.3 Å². The molecule has 1 aromatic rings. The molecule has 1 heterocycles.